The van der Waals surface area contributed by atoms with Gasteiger partial charge in [0.15, 0.2) is 0 Å². The summed E-state index contributed by atoms with van der Waals surface area (Å²) in [6.45, 7) is 8.55. The molecule has 1 heterocycles. The first-order chi connectivity index (χ1) is 7.63. The molecule has 1 rings (SSSR count). The van der Waals surface area contributed by atoms with Crippen molar-refractivity contribution in [3.8, 4) is 0 Å². The Labute approximate surface area is 103 Å². The molecule has 92 valence electrons. The van der Waals surface area contributed by atoms with Crippen molar-refractivity contribution in [3.63, 3.8) is 0 Å². The smallest absolute Gasteiger partial charge is 0.0299 e. The number of nitrogens with one attached hydrogen (secondary N) is 1. The summed E-state index contributed by atoms with van der Waals surface area (Å²) in [6, 6.07) is 4.77. The number of rotatable bonds is 7. The first-order valence-corrected chi connectivity index (χ1v) is 6.99. The molecule has 0 aliphatic heterocycles. The summed E-state index contributed by atoms with van der Waals surface area (Å²) in [6.07, 6.45) is 2.20. The number of nitrogens with two attached hydrogens (primary N) is 1. The summed E-state index contributed by atoms with van der Waals surface area (Å²) in [5.41, 5.74) is 5.98. The molecule has 3 N–H and O–H groups in total. The summed E-state index contributed by atoms with van der Waals surface area (Å²) in [5.74, 6) is 0.579. The highest BCUT2D eigenvalue weighted by Crippen LogP contribution is 2.16. The van der Waals surface area contributed by atoms with Crippen LogP contribution in [-0.4, -0.2) is 12.6 Å². The van der Waals surface area contributed by atoms with Crippen molar-refractivity contribution < 1.29 is 0 Å². The minimum atomic E-state index is 0.321. The third-order valence-corrected chi connectivity index (χ3v) is 4.11. The molecule has 0 aromatic carbocycles. The van der Waals surface area contributed by atoms with Crippen LogP contribution in [0.1, 0.15) is 36.9 Å². The van der Waals surface area contributed by atoms with Gasteiger partial charge in [-0.05, 0) is 37.4 Å². The second kappa shape index (κ2) is 7.05. The minimum absolute atomic E-state index is 0.321. The molecule has 1 aromatic rings. The Morgan fingerprint density at radius 1 is 1.31 bits per heavy atom. The van der Waals surface area contributed by atoms with Crippen LogP contribution in [0.3, 0.4) is 0 Å². The van der Waals surface area contributed by atoms with Crippen molar-refractivity contribution in [1.82, 2.24) is 5.32 Å². The molecule has 0 aliphatic rings. The monoisotopic (exact) mass is 240 g/mol. The molecule has 2 nitrogen and oxygen atoms in total. The van der Waals surface area contributed by atoms with Gasteiger partial charge in [0.1, 0.15) is 0 Å². The van der Waals surface area contributed by atoms with Gasteiger partial charge in [0.05, 0.1) is 0 Å². The first kappa shape index (κ1) is 13.7. The van der Waals surface area contributed by atoms with Crippen LogP contribution in [0.5, 0.6) is 0 Å². The van der Waals surface area contributed by atoms with E-state index in [-0.39, 0.29) is 0 Å². The topological polar surface area (TPSA) is 38.0 Å². The Hall–Kier alpha value is -0.380. The van der Waals surface area contributed by atoms with Gasteiger partial charge in [0.25, 0.3) is 0 Å². The first-order valence-electron chi connectivity index (χ1n) is 6.17. The van der Waals surface area contributed by atoms with Crippen LogP contribution < -0.4 is 11.1 Å². The largest absolute Gasteiger partial charge is 0.327 e. The fraction of sp³-hybridized carbons (Fsp3) is 0.692. The summed E-state index contributed by atoms with van der Waals surface area (Å²) < 4.78 is 0. The zero-order chi connectivity index (χ0) is 12.0. The van der Waals surface area contributed by atoms with Crippen LogP contribution in [0.15, 0.2) is 12.1 Å². The molecule has 1 atom stereocenters. The van der Waals surface area contributed by atoms with Gasteiger partial charge in [-0.25, -0.2) is 0 Å². The normalized spacial score (nSPS) is 13.3. The summed E-state index contributed by atoms with van der Waals surface area (Å²) in [4.78, 5) is 2.89. The summed E-state index contributed by atoms with van der Waals surface area (Å²) >= 11 is 1.90. The van der Waals surface area contributed by atoms with Crippen LogP contribution in [0.25, 0.3) is 0 Å². The highest BCUT2D eigenvalue weighted by molar-refractivity contribution is 7.11. The molecule has 1 aromatic heterocycles. The molecular weight excluding hydrogens is 216 g/mol. The van der Waals surface area contributed by atoms with E-state index in [2.05, 4.69) is 38.2 Å². The van der Waals surface area contributed by atoms with Crippen LogP contribution in [-0.2, 0) is 13.0 Å². The lowest BCUT2D eigenvalue weighted by Gasteiger charge is -2.15. The van der Waals surface area contributed by atoms with Gasteiger partial charge in [-0.1, -0.05) is 20.8 Å². The molecule has 0 saturated carbocycles. The zero-order valence-electron chi connectivity index (χ0n) is 10.6. The molecule has 16 heavy (non-hydrogen) atoms. The SMILES string of the molecule is CCc1ccc(CNCCC(N)C(C)C)s1. The average molecular weight is 240 g/mol. The van der Waals surface area contributed by atoms with Gasteiger partial charge in [-0.3, -0.25) is 0 Å². The van der Waals surface area contributed by atoms with Crippen molar-refractivity contribution in [2.45, 2.75) is 46.2 Å². The van der Waals surface area contributed by atoms with Gasteiger partial charge >= 0.3 is 0 Å². The second-order valence-corrected chi connectivity index (χ2v) is 5.85. The molecule has 0 aliphatic carbocycles. The van der Waals surface area contributed by atoms with Crippen molar-refractivity contribution >= 4 is 11.3 Å². The fourth-order valence-electron chi connectivity index (χ4n) is 1.52. The van der Waals surface area contributed by atoms with Crippen molar-refractivity contribution in [2.24, 2.45) is 11.7 Å². The van der Waals surface area contributed by atoms with E-state index >= 15 is 0 Å². The molecule has 0 bridgehead atoms. The third-order valence-electron chi connectivity index (χ3n) is 2.88. The van der Waals surface area contributed by atoms with Crippen molar-refractivity contribution in [1.29, 1.82) is 0 Å². The van der Waals surface area contributed by atoms with Crippen molar-refractivity contribution in [3.05, 3.63) is 21.9 Å². The quantitative estimate of drug-likeness (QED) is 0.719. The van der Waals surface area contributed by atoms with E-state index in [1.165, 1.54) is 9.75 Å². The Kier molecular flexibility index (Phi) is 6.03. The predicted octanol–water partition coefficient (Wildman–Crippen LogP) is 2.77. The van der Waals surface area contributed by atoms with E-state index in [0.29, 0.717) is 12.0 Å². The number of hydrogen-bond acceptors (Lipinski definition) is 3. The molecule has 1 unspecified atom stereocenters. The van der Waals surface area contributed by atoms with E-state index in [1.807, 2.05) is 11.3 Å². The number of hydrogen-bond donors (Lipinski definition) is 2. The highest BCUT2D eigenvalue weighted by Gasteiger charge is 2.06. The van der Waals surface area contributed by atoms with Gasteiger partial charge in [0, 0.05) is 22.3 Å². The molecular formula is C13H24N2S. The summed E-state index contributed by atoms with van der Waals surface area (Å²) in [5, 5.41) is 3.46. The maximum atomic E-state index is 5.98. The molecule has 0 saturated heterocycles. The Morgan fingerprint density at radius 2 is 2.00 bits per heavy atom. The van der Waals surface area contributed by atoms with Crippen LogP contribution in [0.4, 0.5) is 0 Å². The van der Waals surface area contributed by atoms with E-state index in [1.54, 1.807) is 0 Å². The third kappa shape index (κ3) is 4.64. The Balaban J connectivity index is 2.16. The molecule has 0 spiro atoms. The van der Waals surface area contributed by atoms with Gasteiger partial charge in [-0.15, -0.1) is 11.3 Å². The van der Waals surface area contributed by atoms with E-state index in [0.717, 1.165) is 25.9 Å². The van der Waals surface area contributed by atoms with E-state index in [4.69, 9.17) is 5.73 Å². The Bertz CT molecular complexity index is 294. The van der Waals surface area contributed by atoms with E-state index in [9.17, 15) is 0 Å². The molecule has 3 heteroatoms. The Morgan fingerprint density at radius 3 is 2.56 bits per heavy atom. The number of aryl methyl sites for hydroxylation is 1. The zero-order valence-corrected chi connectivity index (χ0v) is 11.4. The average Bonchev–Trinajstić information content (AvgIpc) is 2.71. The molecule has 0 radical (unpaired) electrons. The van der Waals surface area contributed by atoms with Crippen LogP contribution >= 0.6 is 11.3 Å². The number of thiophene rings is 1. The van der Waals surface area contributed by atoms with Gasteiger partial charge in [-0.2, -0.15) is 0 Å². The standard InChI is InChI=1S/C13H24N2S/c1-4-11-5-6-12(16-11)9-15-8-7-13(14)10(2)3/h5-6,10,13,15H,4,7-9,14H2,1-3H3. The van der Waals surface area contributed by atoms with Gasteiger partial charge < -0.3 is 11.1 Å². The lowest BCUT2D eigenvalue weighted by atomic mass is 10.0. The minimum Gasteiger partial charge on any atom is -0.327 e. The second-order valence-electron chi connectivity index (χ2n) is 4.59. The molecule has 0 fully saturated rings. The highest BCUT2D eigenvalue weighted by atomic mass is 32.1. The van der Waals surface area contributed by atoms with Crippen LogP contribution in [0.2, 0.25) is 0 Å². The summed E-state index contributed by atoms with van der Waals surface area (Å²) in [7, 11) is 0. The lowest BCUT2D eigenvalue weighted by Crippen LogP contribution is -2.30. The van der Waals surface area contributed by atoms with Crippen LogP contribution in [0, 0.1) is 5.92 Å². The predicted molar refractivity (Wildman–Crippen MR) is 72.8 cm³/mol. The van der Waals surface area contributed by atoms with E-state index < -0.39 is 0 Å². The van der Waals surface area contributed by atoms with Gasteiger partial charge in [0.2, 0.25) is 0 Å². The lowest BCUT2D eigenvalue weighted by molar-refractivity contribution is 0.450. The molecule has 0 amide bonds. The van der Waals surface area contributed by atoms with Crippen molar-refractivity contribution in [2.75, 3.05) is 6.54 Å². The maximum absolute atomic E-state index is 5.98. The fourth-order valence-corrected chi connectivity index (χ4v) is 2.45. The maximum Gasteiger partial charge on any atom is 0.0299 e.